The maximum Gasteiger partial charge on any atom is 0.329 e. The van der Waals surface area contributed by atoms with Gasteiger partial charge in [0.2, 0.25) is 5.91 Å². The molecule has 7 nitrogen and oxygen atoms in total. The summed E-state index contributed by atoms with van der Waals surface area (Å²) in [6.45, 7) is 2.14. The third-order valence-corrected chi connectivity index (χ3v) is 7.56. The monoisotopic (exact) mass is 521 g/mol. The van der Waals surface area contributed by atoms with Crippen LogP contribution < -0.4 is 0 Å². The van der Waals surface area contributed by atoms with Crippen LogP contribution in [-0.4, -0.2) is 56.8 Å². The Bertz CT molecular complexity index is 1490. The molecule has 1 heterocycles. The number of hydrogen-bond acceptors (Lipinski definition) is 3. The molecule has 1 fully saturated rings. The number of urea groups is 1. The van der Waals surface area contributed by atoms with Crippen LogP contribution in [0.25, 0.3) is 10.8 Å². The quantitative estimate of drug-likeness (QED) is 0.340. The van der Waals surface area contributed by atoms with Gasteiger partial charge >= 0.3 is 12.0 Å². The summed E-state index contributed by atoms with van der Waals surface area (Å²) in [5.74, 6) is -1.62. The Kier molecular flexibility index (Phi) is 7.32. The predicted molar refractivity (Wildman–Crippen MR) is 150 cm³/mol. The van der Waals surface area contributed by atoms with Crippen molar-refractivity contribution in [2.24, 2.45) is 0 Å². The molecule has 0 saturated carbocycles. The summed E-state index contributed by atoms with van der Waals surface area (Å²) >= 11 is 0. The van der Waals surface area contributed by atoms with Gasteiger partial charge in [-0.05, 0) is 34.4 Å². The number of carboxylic acids is 1. The van der Waals surface area contributed by atoms with Crippen molar-refractivity contribution in [2.45, 2.75) is 38.1 Å². The van der Waals surface area contributed by atoms with Crippen molar-refractivity contribution in [3.63, 3.8) is 0 Å². The minimum Gasteiger partial charge on any atom is -0.480 e. The SMILES string of the molecule is CC(c1cccc2ccccc12)N(C)C(=O)C1C(C(=O)O)N(Cc2ccccc2)C(=O)N1Cc1ccccc1. The molecule has 4 aromatic carbocycles. The van der Waals surface area contributed by atoms with Crippen LogP contribution in [0.5, 0.6) is 0 Å². The summed E-state index contributed by atoms with van der Waals surface area (Å²) in [6, 6.07) is 29.1. The van der Waals surface area contributed by atoms with Gasteiger partial charge in [0, 0.05) is 20.1 Å². The summed E-state index contributed by atoms with van der Waals surface area (Å²) in [5, 5.41) is 12.5. The average molecular weight is 522 g/mol. The number of benzene rings is 4. The van der Waals surface area contributed by atoms with Crippen LogP contribution in [0.4, 0.5) is 4.79 Å². The molecule has 198 valence electrons. The van der Waals surface area contributed by atoms with E-state index in [1.54, 1.807) is 11.9 Å². The van der Waals surface area contributed by atoms with Gasteiger partial charge in [-0.25, -0.2) is 9.59 Å². The van der Waals surface area contributed by atoms with E-state index in [1.165, 1.54) is 9.80 Å². The average Bonchev–Trinajstić information content (AvgIpc) is 3.23. The summed E-state index contributed by atoms with van der Waals surface area (Å²) < 4.78 is 0. The summed E-state index contributed by atoms with van der Waals surface area (Å²) in [5.41, 5.74) is 2.57. The van der Waals surface area contributed by atoms with Gasteiger partial charge < -0.3 is 19.8 Å². The van der Waals surface area contributed by atoms with E-state index >= 15 is 0 Å². The Morgan fingerprint density at radius 1 is 0.769 bits per heavy atom. The van der Waals surface area contributed by atoms with Gasteiger partial charge in [0.1, 0.15) is 6.04 Å². The maximum atomic E-state index is 14.2. The second kappa shape index (κ2) is 11.0. The lowest BCUT2D eigenvalue weighted by Gasteiger charge is -2.33. The zero-order chi connectivity index (χ0) is 27.5. The number of aliphatic carboxylic acids is 1. The minimum atomic E-state index is -1.34. The van der Waals surface area contributed by atoms with Crippen molar-refractivity contribution >= 4 is 28.7 Å². The number of carbonyl (C=O) groups excluding carboxylic acids is 2. The Hall–Kier alpha value is -4.65. The van der Waals surface area contributed by atoms with Crippen LogP contribution in [0, 0.1) is 0 Å². The third kappa shape index (κ3) is 5.08. The molecule has 39 heavy (non-hydrogen) atoms. The zero-order valence-electron chi connectivity index (χ0n) is 22.0. The summed E-state index contributed by atoms with van der Waals surface area (Å²) in [4.78, 5) is 45.0. The Labute approximate surface area is 227 Å². The third-order valence-electron chi connectivity index (χ3n) is 7.56. The maximum absolute atomic E-state index is 14.2. The van der Waals surface area contributed by atoms with Crippen LogP contribution >= 0.6 is 0 Å². The molecule has 3 amide bonds. The van der Waals surface area contributed by atoms with Gasteiger partial charge in [0.15, 0.2) is 6.04 Å². The standard InChI is InChI=1S/C32H31N3O4/c1-22(26-19-11-17-25-16-9-10-18-27(25)26)33(2)30(36)28-29(31(37)38)35(21-24-14-7-4-8-15-24)32(39)34(28)20-23-12-5-3-6-13-23/h3-19,22,28-29H,20-21H2,1-2H3,(H,37,38). The van der Waals surface area contributed by atoms with E-state index in [0.717, 1.165) is 27.5 Å². The fraction of sp³-hybridized carbons (Fsp3) is 0.219. The molecule has 7 heteroatoms. The highest BCUT2D eigenvalue weighted by Gasteiger charge is 2.54. The Balaban J connectivity index is 1.52. The highest BCUT2D eigenvalue weighted by atomic mass is 16.4. The van der Waals surface area contributed by atoms with Crippen LogP contribution in [0.3, 0.4) is 0 Å². The molecule has 0 radical (unpaired) electrons. The van der Waals surface area contributed by atoms with E-state index in [2.05, 4.69) is 0 Å². The molecule has 0 bridgehead atoms. The number of fused-ring (bicyclic) bond motifs is 1. The highest BCUT2D eigenvalue weighted by Crippen LogP contribution is 2.32. The molecule has 3 unspecified atom stereocenters. The number of nitrogens with zero attached hydrogens (tertiary/aromatic N) is 3. The van der Waals surface area contributed by atoms with Crippen molar-refractivity contribution in [3.05, 3.63) is 120 Å². The van der Waals surface area contributed by atoms with Gasteiger partial charge in [-0.3, -0.25) is 4.79 Å². The number of carbonyl (C=O) groups is 3. The van der Waals surface area contributed by atoms with E-state index in [-0.39, 0.29) is 19.1 Å². The molecule has 0 spiro atoms. The van der Waals surface area contributed by atoms with E-state index < -0.39 is 30.0 Å². The van der Waals surface area contributed by atoms with Crippen LogP contribution in [0.15, 0.2) is 103 Å². The largest absolute Gasteiger partial charge is 0.480 e. The van der Waals surface area contributed by atoms with Crippen molar-refractivity contribution in [1.82, 2.24) is 14.7 Å². The first-order valence-corrected chi connectivity index (χ1v) is 13.0. The van der Waals surface area contributed by atoms with Crippen molar-refractivity contribution < 1.29 is 19.5 Å². The normalized spacial score (nSPS) is 17.8. The molecule has 1 saturated heterocycles. The Morgan fingerprint density at radius 3 is 1.87 bits per heavy atom. The number of rotatable bonds is 8. The fourth-order valence-corrected chi connectivity index (χ4v) is 5.40. The molecule has 4 aromatic rings. The van der Waals surface area contributed by atoms with Gasteiger partial charge in [-0.1, -0.05) is 103 Å². The molecule has 1 aliphatic heterocycles. The molecule has 1 aliphatic rings. The first-order valence-electron chi connectivity index (χ1n) is 13.0. The molecule has 3 atom stereocenters. The molecule has 0 aliphatic carbocycles. The topological polar surface area (TPSA) is 81.2 Å². The molecular weight excluding hydrogens is 490 g/mol. The predicted octanol–water partition coefficient (Wildman–Crippen LogP) is 5.32. The van der Waals surface area contributed by atoms with Crippen LogP contribution in [0.1, 0.15) is 29.7 Å². The summed E-state index contributed by atoms with van der Waals surface area (Å²) in [6.07, 6.45) is 0. The van der Waals surface area contributed by atoms with Gasteiger partial charge in [-0.15, -0.1) is 0 Å². The van der Waals surface area contributed by atoms with E-state index in [4.69, 9.17) is 0 Å². The number of carboxylic acid groups (broad SMARTS) is 1. The minimum absolute atomic E-state index is 0.0916. The van der Waals surface area contributed by atoms with Crippen LogP contribution in [0.2, 0.25) is 0 Å². The number of amides is 3. The lowest BCUT2D eigenvalue weighted by Crippen LogP contribution is -2.52. The Morgan fingerprint density at radius 2 is 1.28 bits per heavy atom. The second-order valence-corrected chi connectivity index (χ2v) is 9.93. The second-order valence-electron chi connectivity index (χ2n) is 9.93. The molecule has 0 aromatic heterocycles. The van der Waals surface area contributed by atoms with E-state index in [9.17, 15) is 19.5 Å². The molecule has 5 rings (SSSR count). The van der Waals surface area contributed by atoms with Gasteiger partial charge in [0.25, 0.3) is 0 Å². The highest BCUT2D eigenvalue weighted by molar-refractivity contribution is 5.98. The fourth-order valence-electron chi connectivity index (χ4n) is 5.40. The molecular formula is C32H31N3O4. The lowest BCUT2D eigenvalue weighted by atomic mass is 9.97. The van der Waals surface area contributed by atoms with Crippen molar-refractivity contribution in [2.75, 3.05) is 7.05 Å². The first kappa shape index (κ1) is 26.0. The van der Waals surface area contributed by atoms with Crippen molar-refractivity contribution in [3.8, 4) is 0 Å². The van der Waals surface area contributed by atoms with Crippen molar-refractivity contribution in [1.29, 1.82) is 0 Å². The first-order chi connectivity index (χ1) is 18.9. The lowest BCUT2D eigenvalue weighted by molar-refractivity contribution is -0.148. The summed E-state index contributed by atoms with van der Waals surface area (Å²) in [7, 11) is 1.68. The van der Waals surface area contributed by atoms with Gasteiger partial charge in [-0.2, -0.15) is 0 Å². The van der Waals surface area contributed by atoms with Crippen LogP contribution in [-0.2, 0) is 22.7 Å². The zero-order valence-corrected chi connectivity index (χ0v) is 22.0. The smallest absolute Gasteiger partial charge is 0.329 e. The number of hydrogen-bond donors (Lipinski definition) is 1. The molecule has 1 N–H and O–H groups in total. The van der Waals surface area contributed by atoms with Gasteiger partial charge in [0.05, 0.1) is 6.04 Å². The van der Waals surface area contributed by atoms with E-state index in [0.29, 0.717) is 0 Å². The number of likely N-dealkylation sites (N-methyl/N-ethyl adjacent to an activating group) is 1. The van der Waals surface area contributed by atoms with E-state index in [1.807, 2.05) is 110 Å².